The SMILES string of the molecule is Cc1ccc(S(=O)(=O)CCCC(=O)Nc2nnc(Cc3ccc(S(C)(=O)=O)cc3)o2)cc1. The average Bonchev–Trinajstić information content (AvgIpc) is 3.14. The van der Waals surface area contributed by atoms with Crippen LogP contribution in [0.15, 0.2) is 62.7 Å². The van der Waals surface area contributed by atoms with Gasteiger partial charge in [0.1, 0.15) is 0 Å². The van der Waals surface area contributed by atoms with Crippen molar-refractivity contribution < 1.29 is 26.0 Å². The Kier molecular flexibility index (Phi) is 7.09. The van der Waals surface area contributed by atoms with Crippen LogP contribution in [0.5, 0.6) is 0 Å². The normalized spacial score (nSPS) is 11.9. The molecule has 0 aliphatic rings. The Balaban J connectivity index is 1.49. The van der Waals surface area contributed by atoms with Gasteiger partial charge >= 0.3 is 6.01 Å². The third-order valence-corrected chi connectivity index (χ3v) is 7.56. The molecule has 2 aromatic carbocycles. The molecule has 0 spiro atoms. The molecule has 1 heterocycles. The quantitative estimate of drug-likeness (QED) is 0.496. The minimum atomic E-state index is -3.46. The number of anilines is 1. The highest BCUT2D eigenvalue weighted by atomic mass is 32.2. The zero-order valence-corrected chi connectivity index (χ0v) is 19.2. The fourth-order valence-corrected chi connectivity index (χ4v) is 4.81. The highest BCUT2D eigenvalue weighted by Crippen LogP contribution is 2.16. The number of benzene rings is 2. The molecule has 1 amide bonds. The lowest BCUT2D eigenvalue weighted by Gasteiger charge is -2.05. The molecule has 3 rings (SSSR count). The molecule has 0 atom stereocenters. The van der Waals surface area contributed by atoms with Crippen LogP contribution in [0.25, 0.3) is 0 Å². The molecule has 11 heteroatoms. The van der Waals surface area contributed by atoms with Crippen molar-refractivity contribution in [3.05, 3.63) is 65.5 Å². The minimum Gasteiger partial charge on any atom is -0.407 e. The number of aromatic nitrogens is 2. The summed E-state index contributed by atoms with van der Waals surface area (Å²) in [5.41, 5.74) is 1.73. The Labute approximate surface area is 186 Å². The predicted molar refractivity (Wildman–Crippen MR) is 118 cm³/mol. The molecule has 0 saturated carbocycles. The summed E-state index contributed by atoms with van der Waals surface area (Å²) in [7, 11) is -6.73. The molecule has 0 bridgehead atoms. The molecule has 0 radical (unpaired) electrons. The fourth-order valence-electron chi connectivity index (χ4n) is 2.87. The second-order valence-electron chi connectivity index (χ2n) is 7.38. The monoisotopic (exact) mass is 477 g/mol. The molecule has 170 valence electrons. The molecule has 32 heavy (non-hydrogen) atoms. The van der Waals surface area contributed by atoms with Crippen molar-refractivity contribution in [3.8, 4) is 0 Å². The van der Waals surface area contributed by atoms with Crippen LogP contribution in [0.2, 0.25) is 0 Å². The van der Waals surface area contributed by atoms with Gasteiger partial charge in [-0.05, 0) is 43.2 Å². The van der Waals surface area contributed by atoms with Crippen molar-refractivity contribution in [3.63, 3.8) is 0 Å². The number of hydrogen-bond acceptors (Lipinski definition) is 8. The lowest BCUT2D eigenvalue weighted by atomic mass is 10.1. The summed E-state index contributed by atoms with van der Waals surface area (Å²) in [6, 6.07) is 12.8. The van der Waals surface area contributed by atoms with Crippen molar-refractivity contribution in [1.82, 2.24) is 10.2 Å². The van der Waals surface area contributed by atoms with Gasteiger partial charge in [-0.2, -0.15) is 0 Å². The summed E-state index contributed by atoms with van der Waals surface area (Å²) < 4.78 is 53.1. The van der Waals surface area contributed by atoms with Crippen LogP contribution in [0.1, 0.15) is 29.9 Å². The first-order chi connectivity index (χ1) is 15.0. The predicted octanol–water partition coefficient (Wildman–Crippen LogP) is 2.56. The van der Waals surface area contributed by atoms with Crippen LogP contribution < -0.4 is 5.32 Å². The zero-order chi connectivity index (χ0) is 23.4. The number of aryl methyl sites for hydroxylation is 1. The van der Waals surface area contributed by atoms with E-state index in [1.54, 1.807) is 36.4 Å². The van der Waals surface area contributed by atoms with E-state index in [-0.39, 0.29) is 46.7 Å². The van der Waals surface area contributed by atoms with Gasteiger partial charge < -0.3 is 4.42 Å². The molecular formula is C21H23N3O6S2. The molecule has 0 fully saturated rings. The van der Waals surface area contributed by atoms with Gasteiger partial charge in [-0.1, -0.05) is 34.9 Å². The van der Waals surface area contributed by atoms with Gasteiger partial charge in [0.05, 0.1) is 22.0 Å². The van der Waals surface area contributed by atoms with Gasteiger partial charge in [-0.15, -0.1) is 5.10 Å². The second kappa shape index (κ2) is 9.61. The number of nitrogens with one attached hydrogen (secondary N) is 1. The molecule has 0 unspecified atom stereocenters. The number of carbonyl (C=O) groups is 1. The Hall–Kier alpha value is -3.05. The number of amides is 1. The molecule has 1 N–H and O–H groups in total. The first kappa shape index (κ1) is 23.6. The zero-order valence-electron chi connectivity index (χ0n) is 17.6. The lowest BCUT2D eigenvalue weighted by molar-refractivity contribution is -0.116. The van der Waals surface area contributed by atoms with E-state index in [1.807, 2.05) is 6.92 Å². The van der Waals surface area contributed by atoms with E-state index in [2.05, 4.69) is 15.5 Å². The Morgan fingerprint density at radius 1 is 0.938 bits per heavy atom. The molecule has 0 saturated heterocycles. The number of sulfone groups is 2. The Morgan fingerprint density at radius 3 is 2.19 bits per heavy atom. The van der Waals surface area contributed by atoms with Crippen molar-refractivity contribution in [2.24, 2.45) is 0 Å². The van der Waals surface area contributed by atoms with Crippen molar-refractivity contribution in [2.45, 2.75) is 36.0 Å². The van der Waals surface area contributed by atoms with E-state index in [4.69, 9.17) is 4.42 Å². The van der Waals surface area contributed by atoms with Crippen LogP contribution in [0, 0.1) is 6.92 Å². The topological polar surface area (TPSA) is 136 Å². The number of nitrogens with zero attached hydrogens (tertiary/aromatic N) is 2. The number of hydrogen-bond donors (Lipinski definition) is 1. The second-order valence-corrected chi connectivity index (χ2v) is 11.5. The molecule has 9 nitrogen and oxygen atoms in total. The lowest BCUT2D eigenvalue weighted by Crippen LogP contribution is -2.14. The Morgan fingerprint density at radius 2 is 1.56 bits per heavy atom. The highest BCUT2D eigenvalue weighted by molar-refractivity contribution is 7.91. The minimum absolute atomic E-state index is 0.0181. The van der Waals surface area contributed by atoms with E-state index >= 15 is 0 Å². The summed E-state index contributed by atoms with van der Waals surface area (Å²) in [5, 5.41) is 10.1. The van der Waals surface area contributed by atoms with Crippen molar-refractivity contribution >= 4 is 31.6 Å². The van der Waals surface area contributed by atoms with Gasteiger partial charge in [0.15, 0.2) is 19.7 Å². The Bertz CT molecular complexity index is 1300. The summed E-state index contributed by atoms with van der Waals surface area (Å²) in [6.45, 7) is 1.87. The molecule has 0 aliphatic carbocycles. The third-order valence-electron chi connectivity index (χ3n) is 4.62. The summed E-state index contributed by atoms with van der Waals surface area (Å²) in [6.07, 6.45) is 1.53. The largest absolute Gasteiger partial charge is 0.407 e. The van der Waals surface area contributed by atoms with E-state index in [0.717, 1.165) is 17.4 Å². The van der Waals surface area contributed by atoms with E-state index in [0.29, 0.717) is 0 Å². The molecule has 1 aromatic heterocycles. The van der Waals surface area contributed by atoms with Gasteiger partial charge in [-0.3, -0.25) is 10.1 Å². The first-order valence-electron chi connectivity index (χ1n) is 9.73. The van der Waals surface area contributed by atoms with Crippen LogP contribution in [0.4, 0.5) is 6.01 Å². The third kappa shape index (κ3) is 6.47. The van der Waals surface area contributed by atoms with Crippen molar-refractivity contribution in [1.29, 1.82) is 0 Å². The molecule has 3 aromatic rings. The standard InChI is InChI=1S/C21H23N3O6S2/c1-15-5-9-18(10-6-15)32(28,29)13-3-4-19(25)22-21-24-23-20(30-21)14-16-7-11-17(12-8-16)31(2,26)27/h5-12H,3-4,13-14H2,1-2H3,(H,22,24,25). The smallest absolute Gasteiger partial charge is 0.322 e. The highest BCUT2D eigenvalue weighted by Gasteiger charge is 2.16. The van der Waals surface area contributed by atoms with Crippen molar-refractivity contribution in [2.75, 3.05) is 17.3 Å². The number of rotatable bonds is 9. The van der Waals surface area contributed by atoms with Gasteiger partial charge in [0.2, 0.25) is 11.8 Å². The van der Waals surface area contributed by atoms with E-state index in [9.17, 15) is 21.6 Å². The van der Waals surface area contributed by atoms with Gasteiger partial charge in [-0.25, -0.2) is 16.8 Å². The van der Waals surface area contributed by atoms with Crippen LogP contribution in [-0.2, 0) is 30.9 Å². The maximum atomic E-state index is 12.3. The number of carbonyl (C=O) groups excluding carboxylic acids is 1. The maximum Gasteiger partial charge on any atom is 0.322 e. The summed E-state index contributed by atoms with van der Waals surface area (Å²) >= 11 is 0. The fraction of sp³-hybridized carbons (Fsp3) is 0.286. The molecular weight excluding hydrogens is 454 g/mol. The maximum absolute atomic E-state index is 12.3. The van der Waals surface area contributed by atoms with Crippen LogP contribution in [-0.4, -0.2) is 44.9 Å². The van der Waals surface area contributed by atoms with Gasteiger partial charge in [0, 0.05) is 12.7 Å². The first-order valence-corrected chi connectivity index (χ1v) is 13.3. The molecule has 0 aliphatic heterocycles. The van der Waals surface area contributed by atoms with Gasteiger partial charge in [0.25, 0.3) is 0 Å². The van der Waals surface area contributed by atoms with Crippen LogP contribution in [0.3, 0.4) is 0 Å². The summed E-state index contributed by atoms with van der Waals surface area (Å²) in [4.78, 5) is 12.5. The van der Waals surface area contributed by atoms with E-state index < -0.39 is 25.6 Å². The summed E-state index contributed by atoms with van der Waals surface area (Å²) in [5.74, 6) is -0.339. The van der Waals surface area contributed by atoms with Crippen LogP contribution >= 0.6 is 0 Å². The average molecular weight is 478 g/mol. The van der Waals surface area contributed by atoms with E-state index in [1.165, 1.54) is 12.1 Å².